The highest BCUT2D eigenvalue weighted by molar-refractivity contribution is 7.07. The van der Waals surface area contributed by atoms with Crippen molar-refractivity contribution in [1.29, 1.82) is 0 Å². The molecule has 4 rings (SSSR count). The smallest absolute Gasteiger partial charge is 0.481 e. The summed E-state index contributed by atoms with van der Waals surface area (Å²) in [4.78, 5) is 38.8. The fraction of sp³-hybridized carbons (Fsp3) is 0.455. The van der Waals surface area contributed by atoms with E-state index < -0.39 is 29.4 Å². The van der Waals surface area contributed by atoms with E-state index in [1.165, 1.54) is 23.5 Å². The van der Waals surface area contributed by atoms with E-state index in [2.05, 4.69) is 10.3 Å². The van der Waals surface area contributed by atoms with E-state index >= 15 is 0 Å². The maximum absolute atomic E-state index is 14.1. The number of hydrogen-bond acceptors (Lipinski definition) is 6. The Kier molecular flexibility index (Phi) is 7.62. The summed E-state index contributed by atoms with van der Waals surface area (Å²) < 4.78 is 45.7. The first-order valence-electron chi connectivity index (χ1n) is 10.6. The minimum absolute atomic E-state index is 0.0286. The number of alkyl halides is 3. The van der Waals surface area contributed by atoms with Gasteiger partial charge in [-0.1, -0.05) is 0 Å². The van der Waals surface area contributed by atoms with E-state index in [1.807, 2.05) is 5.38 Å². The SMILES string of the molecule is C[N+]1(CC(Cc2cscn2)C(=O)O)C(=O)C2(CCNCC2)c2cc(F)ccc21.O=C(O)C(F)(F)F. The number of aliphatic carboxylic acids is 2. The Morgan fingerprint density at radius 3 is 2.40 bits per heavy atom. The number of rotatable bonds is 5. The van der Waals surface area contributed by atoms with Crippen LogP contribution in [-0.2, 0) is 26.2 Å². The van der Waals surface area contributed by atoms with Crippen molar-refractivity contribution in [2.24, 2.45) is 5.92 Å². The van der Waals surface area contributed by atoms with Gasteiger partial charge in [0.25, 0.3) is 0 Å². The molecule has 1 spiro atoms. The summed E-state index contributed by atoms with van der Waals surface area (Å²) in [6.07, 6.45) is -3.62. The number of carbonyl (C=O) groups excluding carboxylic acids is 1. The summed E-state index contributed by atoms with van der Waals surface area (Å²) in [5.74, 6) is -4.86. The minimum atomic E-state index is -5.08. The third-order valence-electron chi connectivity index (χ3n) is 6.44. The van der Waals surface area contributed by atoms with Crippen LogP contribution < -0.4 is 9.80 Å². The van der Waals surface area contributed by atoms with Crippen molar-refractivity contribution in [2.75, 3.05) is 26.7 Å². The zero-order valence-electron chi connectivity index (χ0n) is 18.6. The number of benzene rings is 1. The lowest BCUT2D eigenvalue weighted by Gasteiger charge is -2.34. The van der Waals surface area contributed by atoms with Gasteiger partial charge >= 0.3 is 24.0 Å². The van der Waals surface area contributed by atoms with Gasteiger partial charge < -0.3 is 15.5 Å². The van der Waals surface area contributed by atoms with Crippen LogP contribution in [0.3, 0.4) is 0 Å². The van der Waals surface area contributed by atoms with Gasteiger partial charge in [0.2, 0.25) is 0 Å². The first-order chi connectivity index (χ1) is 16.3. The Morgan fingerprint density at radius 1 is 1.26 bits per heavy atom. The molecule has 2 aromatic rings. The molecule has 0 radical (unpaired) electrons. The highest BCUT2D eigenvalue weighted by atomic mass is 32.1. The molecule has 2 unspecified atom stereocenters. The van der Waals surface area contributed by atoms with Crippen molar-refractivity contribution in [2.45, 2.75) is 30.9 Å². The number of thiazole rings is 1. The Balaban J connectivity index is 0.000000429. The maximum Gasteiger partial charge on any atom is 0.490 e. The largest absolute Gasteiger partial charge is 0.490 e. The number of fused-ring (bicyclic) bond motifs is 2. The molecular formula is C22H24F4N3O5S+. The van der Waals surface area contributed by atoms with Gasteiger partial charge in [-0.2, -0.15) is 13.2 Å². The normalized spacial score (nSPS) is 21.7. The van der Waals surface area contributed by atoms with Crippen LogP contribution in [0.1, 0.15) is 24.1 Å². The quantitative estimate of drug-likeness (QED) is 0.412. The molecule has 0 bridgehead atoms. The van der Waals surface area contributed by atoms with Gasteiger partial charge in [-0.05, 0) is 38.1 Å². The Bertz CT molecular complexity index is 1100. The van der Waals surface area contributed by atoms with Gasteiger partial charge in [0.1, 0.15) is 29.4 Å². The molecule has 1 aromatic heterocycles. The summed E-state index contributed by atoms with van der Waals surface area (Å²) in [6, 6.07) is 4.48. The van der Waals surface area contributed by atoms with Gasteiger partial charge in [0.15, 0.2) is 0 Å². The first kappa shape index (κ1) is 26.7. The molecule has 3 heterocycles. The summed E-state index contributed by atoms with van der Waals surface area (Å²) in [5.41, 5.74) is 3.08. The molecule has 1 saturated heterocycles. The van der Waals surface area contributed by atoms with Crippen LogP contribution in [0.4, 0.5) is 23.2 Å². The number of quaternary nitrogens is 1. The third kappa shape index (κ3) is 5.36. The second-order valence-electron chi connectivity index (χ2n) is 8.69. The average molecular weight is 519 g/mol. The molecule has 3 N–H and O–H groups in total. The number of halogens is 4. The molecule has 0 saturated carbocycles. The highest BCUT2D eigenvalue weighted by Gasteiger charge is 2.61. The number of carbonyl (C=O) groups is 3. The van der Waals surface area contributed by atoms with Crippen molar-refractivity contribution in [3.63, 3.8) is 0 Å². The Morgan fingerprint density at radius 2 is 1.89 bits per heavy atom. The average Bonchev–Trinajstić information content (AvgIpc) is 3.35. The summed E-state index contributed by atoms with van der Waals surface area (Å²) in [5, 5.41) is 22.0. The van der Waals surface area contributed by atoms with Gasteiger partial charge in [-0.15, -0.1) is 11.3 Å². The van der Waals surface area contributed by atoms with Crippen LogP contribution in [0, 0.1) is 11.7 Å². The fourth-order valence-electron chi connectivity index (χ4n) is 4.80. The van der Waals surface area contributed by atoms with E-state index in [-0.39, 0.29) is 29.2 Å². The molecule has 2 aliphatic heterocycles. The molecule has 1 amide bonds. The van der Waals surface area contributed by atoms with E-state index in [0.29, 0.717) is 31.6 Å². The number of aromatic nitrogens is 1. The van der Waals surface area contributed by atoms with Crippen molar-refractivity contribution in [3.8, 4) is 0 Å². The maximum atomic E-state index is 14.1. The number of likely N-dealkylation sites (N-methyl/N-ethyl adjacent to an activating group) is 1. The van der Waals surface area contributed by atoms with Crippen LogP contribution >= 0.6 is 11.3 Å². The van der Waals surface area contributed by atoms with Crippen LogP contribution in [0.5, 0.6) is 0 Å². The Hall–Kier alpha value is -2.90. The number of amides is 1. The zero-order valence-corrected chi connectivity index (χ0v) is 19.5. The van der Waals surface area contributed by atoms with Gasteiger partial charge in [-0.3, -0.25) is 4.79 Å². The number of nitrogens with one attached hydrogen (secondary N) is 1. The van der Waals surface area contributed by atoms with Gasteiger partial charge in [-0.25, -0.2) is 23.4 Å². The molecule has 0 aliphatic carbocycles. The number of nitrogens with zero attached hydrogens (tertiary/aromatic N) is 2. The number of piperidine rings is 1. The van der Waals surface area contributed by atoms with Gasteiger partial charge in [0, 0.05) is 23.4 Å². The van der Waals surface area contributed by atoms with Crippen LogP contribution in [0.25, 0.3) is 0 Å². The lowest BCUT2D eigenvalue weighted by Crippen LogP contribution is -2.58. The number of hydrogen-bond donors (Lipinski definition) is 3. The number of carboxylic acids is 2. The van der Waals surface area contributed by atoms with E-state index in [9.17, 15) is 32.3 Å². The van der Waals surface area contributed by atoms with Gasteiger partial charge in [0.05, 0.1) is 18.3 Å². The van der Waals surface area contributed by atoms with Crippen LogP contribution in [-0.4, -0.2) is 65.9 Å². The van der Waals surface area contributed by atoms with Crippen molar-refractivity contribution >= 4 is 34.9 Å². The third-order valence-corrected chi connectivity index (χ3v) is 7.07. The summed E-state index contributed by atoms with van der Waals surface area (Å²) in [6.45, 7) is 1.49. The first-order valence-corrected chi connectivity index (χ1v) is 11.6. The number of carboxylic acid groups (broad SMARTS) is 2. The summed E-state index contributed by atoms with van der Waals surface area (Å²) in [7, 11) is 1.77. The zero-order chi connectivity index (χ0) is 26.0. The molecule has 1 fully saturated rings. The predicted molar refractivity (Wildman–Crippen MR) is 118 cm³/mol. The molecular weight excluding hydrogens is 494 g/mol. The molecule has 8 nitrogen and oxygen atoms in total. The van der Waals surface area contributed by atoms with Crippen LogP contribution in [0.15, 0.2) is 29.1 Å². The molecule has 2 aliphatic rings. The molecule has 1 aromatic carbocycles. The second-order valence-corrected chi connectivity index (χ2v) is 9.41. The lowest BCUT2D eigenvalue weighted by molar-refractivity contribution is -0.192. The molecule has 2 atom stereocenters. The molecule has 35 heavy (non-hydrogen) atoms. The summed E-state index contributed by atoms with van der Waals surface area (Å²) >= 11 is 1.42. The predicted octanol–water partition coefficient (Wildman–Crippen LogP) is 2.96. The minimum Gasteiger partial charge on any atom is -0.481 e. The van der Waals surface area contributed by atoms with Crippen molar-refractivity contribution < 1.29 is 42.2 Å². The fourth-order valence-corrected chi connectivity index (χ4v) is 5.37. The van der Waals surface area contributed by atoms with E-state index in [1.54, 1.807) is 18.6 Å². The standard InChI is InChI=1S/C20H22FN3O3S.C2HF3O2/c1-24(10-13(18(25)26)8-15-11-28-12-23-15)17-3-2-14(21)9-16(17)20(19(24)27)4-6-22-7-5-20;3-2(4,5)1(6)7/h2-3,9,11-13,22H,4-8,10H2,1H3;(H,6,7)/p+1. The monoisotopic (exact) mass is 518 g/mol. The van der Waals surface area contributed by atoms with Crippen molar-refractivity contribution in [3.05, 3.63) is 46.2 Å². The second kappa shape index (κ2) is 9.99. The van der Waals surface area contributed by atoms with Crippen molar-refractivity contribution in [1.82, 2.24) is 14.8 Å². The lowest BCUT2D eigenvalue weighted by atomic mass is 9.74. The van der Waals surface area contributed by atoms with Crippen LogP contribution in [0.2, 0.25) is 0 Å². The van der Waals surface area contributed by atoms with E-state index in [0.717, 1.165) is 11.3 Å². The Labute approximate surface area is 201 Å². The topological polar surface area (TPSA) is 117 Å². The highest BCUT2D eigenvalue weighted by Crippen LogP contribution is 2.50. The van der Waals surface area contributed by atoms with E-state index in [4.69, 9.17) is 9.90 Å². The molecule has 190 valence electrons. The molecule has 13 heteroatoms.